The molecule has 0 aliphatic carbocycles. The third-order valence-corrected chi connectivity index (χ3v) is 5.91. The highest BCUT2D eigenvalue weighted by Crippen LogP contribution is 2.23. The van der Waals surface area contributed by atoms with Crippen molar-refractivity contribution in [3.8, 4) is 0 Å². The molecule has 0 spiro atoms. The first-order valence-electron chi connectivity index (χ1n) is 8.81. The number of hydrogen-bond donors (Lipinski definition) is 1. The first kappa shape index (κ1) is 21.4. The summed E-state index contributed by atoms with van der Waals surface area (Å²) in [6, 6.07) is 12.6. The van der Waals surface area contributed by atoms with E-state index in [1.54, 1.807) is 19.1 Å². The van der Waals surface area contributed by atoms with Crippen LogP contribution in [0.4, 0.5) is 5.69 Å². The van der Waals surface area contributed by atoms with E-state index in [9.17, 15) is 18.0 Å². The average molecular weight is 404 g/mol. The maximum Gasteiger partial charge on any atom is 0.338 e. The molecule has 1 amide bonds. The lowest BCUT2D eigenvalue weighted by atomic mass is 10.2. The second-order valence-electron chi connectivity index (χ2n) is 6.28. The van der Waals surface area contributed by atoms with Gasteiger partial charge in [0.25, 0.3) is 15.9 Å². The number of hydrogen-bond acceptors (Lipinski definition) is 5. The van der Waals surface area contributed by atoms with Gasteiger partial charge in [-0.2, -0.15) is 0 Å². The highest BCUT2D eigenvalue weighted by Gasteiger charge is 2.24. The highest BCUT2D eigenvalue weighted by molar-refractivity contribution is 7.92. The number of sulfonamides is 1. The topological polar surface area (TPSA) is 92.8 Å². The number of amides is 1. The molecule has 0 fully saturated rings. The van der Waals surface area contributed by atoms with Gasteiger partial charge in [-0.1, -0.05) is 23.8 Å². The normalized spacial score (nSPS) is 12.1. The number of benzene rings is 2. The molecular weight excluding hydrogens is 380 g/mol. The zero-order chi connectivity index (χ0) is 20.9. The number of esters is 1. The minimum atomic E-state index is -3.87. The van der Waals surface area contributed by atoms with Gasteiger partial charge in [0.2, 0.25) is 0 Å². The standard InChI is InChI=1S/C20H24N2O5S/c1-5-21-19(23)15(3)27-20(24)16-7-6-8-18(13-16)28(25,26)22(4)17-11-9-14(2)10-12-17/h6-13,15H,5H2,1-4H3,(H,21,23)/t15-/m1/s1. The van der Waals surface area contributed by atoms with Crippen molar-refractivity contribution < 1.29 is 22.7 Å². The van der Waals surface area contributed by atoms with Crippen LogP contribution in [-0.4, -0.2) is 40.0 Å². The van der Waals surface area contributed by atoms with Crippen LogP contribution in [0, 0.1) is 6.92 Å². The minimum absolute atomic E-state index is 0.0457. The number of carbonyl (C=O) groups is 2. The van der Waals surface area contributed by atoms with Gasteiger partial charge in [0, 0.05) is 13.6 Å². The van der Waals surface area contributed by atoms with E-state index in [2.05, 4.69) is 5.32 Å². The molecule has 0 unspecified atom stereocenters. The number of likely N-dealkylation sites (N-methyl/N-ethyl adjacent to an activating group) is 1. The summed E-state index contributed by atoms with van der Waals surface area (Å²) in [4.78, 5) is 24.0. The molecule has 2 aromatic rings. The predicted octanol–water partition coefficient (Wildman–Crippen LogP) is 2.50. The molecule has 0 saturated carbocycles. The molecule has 0 aliphatic rings. The van der Waals surface area contributed by atoms with Gasteiger partial charge in [0.1, 0.15) is 0 Å². The lowest BCUT2D eigenvalue weighted by Crippen LogP contribution is -2.35. The smallest absolute Gasteiger partial charge is 0.338 e. The number of anilines is 1. The molecule has 0 bridgehead atoms. The van der Waals surface area contributed by atoms with Crippen LogP contribution in [0.15, 0.2) is 53.4 Å². The van der Waals surface area contributed by atoms with Gasteiger partial charge in [0.15, 0.2) is 6.10 Å². The molecule has 1 N–H and O–H groups in total. The molecule has 7 nitrogen and oxygen atoms in total. The van der Waals surface area contributed by atoms with Crippen molar-refractivity contribution in [2.75, 3.05) is 17.9 Å². The summed E-state index contributed by atoms with van der Waals surface area (Å²) >= 11 is 0. The van der Waals surface area contributed by atoms with Crippen LogP contribution in [0.5, 0.6) is 0 Å². The second-order valence-corrected chi connectivity index (χ2v) is 8.25. The molecule has 8 heteroatoms. The fourth-order valence-corrected chi connectivity index (χ4v) is 3.68. The van der Waals surface area contributed by atoms with Gasteiger partial charge in [-0.3, -0.25) is 9.10 Å². The molecule has 28 heavy (non-hydrogen) atoms. The lowest BCUT2D eigenvalue weighted by Gasteiger charge is -2.20. The fourth-order valence-electron chi connectivity index (χ4n) is 2.44. The Morgan fingerprint density at radius 1 is 1.14 bits per heavy atom. The van der Waals surface area contributed by atoms with Gasteiger partial charge < -0.3 is 10.1 Å². The quantitative estimate of drug-likeness (QED) is 0.716. The fraction of sp³-hybridized carbons (Fsp3) is 0.300. The number of ether oxygens (including phenoxy) is 1. The first-order chi connectivity index (χ1) is 13.2. The zero-order valence-electron chi connectivity index (χ0n) is 16.3. The van der Waals surface area contributed by atoms with Crippen molar-refractivity contribution in [1.82, 2.24) is 5.32 Å². The van der Waals surface area contributed by atoms with Crippen molar-refractivity contribution in [3.63, 3.8) is 0 Å². The molecule has 0 radical (unpaired) electrons. The van der Waals surface area contributed by atoms with E-state index < -0.39 is 28.0 Å². The molecule has 150 valence electrons. The molecule has 0 aliphatic heterocycles. The van der Waals surface area contributed by atoms with Gasteiger partial charge in [-0.05, 0) is 51.1 Å². The van der Waals surface area contributed by atoms with E-state index in [4.69, 9.17) is 4.74 Å². The van der Waals surface area contributed by atoms with Crippen LogP contribution >= 0.6 is 0 Å². The van der Waals surface area contributed by atoms with Crippen molar-refractivity contribution in [2.24, 2.45) is 0 Å². The maximum atomic E-state index is 12.9. The van der Waals surface area contributed by atoms with Gasteiger partial charge >= 0.3 is 5.97 Å². The Bertz CT molecular complexity index is 955. The average Bonchev–Trinajstić information content (AvgIpc) is 2.68. The Kier molecular flexibility index (Phi) is 6.80. The second kappa shape index (κ2) is 8.88. The van der Waals surface area contributed by atoms with Gasteiger partial charge in [0.05, 0.1) is 16.1 Å². The summed E-state index contributed by atoms with van der Waals surface area (Å²) in [6.07, 6.45) is -0.983. The van der Waals surface area contributed by atoms with E-state index in [1.165, 1.54) is 38.2 Å². The Hall–Kier alpha value is -2.87. The molecule has 2 rings (SSSR count). The zero-order valence-corrected chi connectivity index (χ0v) is 17.1. The Balaban J connectivity index is 2.24. The number of nitrogens with zero attached hydrogens (tertiary/aromatic N) is 1. The third kappa shape index (κ3) is 4.89. The molecule has 0 saturated heterocycles. The maximum absolute atomic E-state index is 12.9. The van der Waals surface area contributed by atoms with E-state index in [0.717, 1.165) is 9.87 Å². The van der Waals surface area contributed by atoms with Crippen LogP contribution in [0.1, 0.15) is 29.8 Å². The van der Waals surface area contributed by atoms with Crippen molar-refractivity contribution in [2.45, 2.75) is 31.8 Å². The van der Waals surface area contributed by atoms with E-state index >= 15 is 0 Å². The Morgan fingerprint density at radius 2 is 1.79 bits per heavy atom. The van der Waals surface area contributed by atoms with Crippen molar-refractivity contribution >= 4 is 27.6 Å². The minimum Gasteiger partial charge on any atom is -0.449 e. The summed E-state index contributed by atoms with van der Waals surface area (Å²) in [5.41, 5.74) is 1.57. The van der Waals surface area contributed by atoms with Crippen LogP contribution in [-0.2, 0) is 19.6 Å². The van der Waals surface area contributed by atoms with Crippen LogP contribution in [0.25, 0.3) is 0 Å². The third-order valence-electron chi connectivity index (χ3n) is 4.13. The first-order valence-corrected chi connectivity index (χ1v) is 10.2. The SMILES string of the molecule is CCNC(=O)[C@@H](C)OC(=O)c1cccc(S(=O)(=O)N(C)c2ccc(C)cc2)c1. The Morgan fingerprint density at radius 3 is 2.39 bits per heavy atom. The number of rotatable bonds is 7. The molecule has 1 atom stereocenters. The number of nitrogens with one attached hydrogen (secondary N) is 1. The largest absolute Gasteiger partial charge is 0.449 e. The monoisotopic (exact) mass is 404 g/mol. The summed E-state index contributed by atoms with van der Waals surface area (Å²) < 4.78 is 32.1. The number of aryl methyl sites for hydroxylation is 1. The van der Waals surface area contributed by atoms with E-state index in [1.807, 2.05) is 19.1 Å². The molecule has 0 aromatic heterocycles. The van der Waals surface area contributed by atoms with E-state index in [-0.39, 0.29) is 10.5 Å². The molecule has 2 aromatic carbocycles. The van der Waals surface area contributed by atoms with Crippen LogP contribution < -0.4 is 9.62 Å². The summed E-state index contributed by atoms with van der Waals surface area (Å²) in [7, 11) is -2.42. The molecule has 0 heterocycles. The van der Waals surface area contributed by atoms with Crippen molar-refractivity contribution in [3.05, 3.63) is 59.7 Å². The van der Waals surface area contributed by atoms with Crippen molar-refractivity contribution in [1.29, 1.82) is 0 Å². The van der Waals surface area contributed by atoms with Crippen LogP contribution in [0.3, 0.4) is 0 Å². The van der Waals surface area contributed by atoms with E-state index in [0.29, 0.717) is 12.2 Å². The Labute approximate surface area is 165 Å². The van der Waals surface area contributed by atoms with Gasteiger partial charge in [-0.15, -0.1) is 0 Å². The van der Waals surface area contributed by atoms with Crippen LogP contribution in [0.2, 0.25) is 0 Å². The lowest BCUT2D eigenvalue weighted by molar-refractivity contribution is -0.128. The predicted molar refractivity (Wildman–Crippen MR) is 107 cm³/mol. The summed E-state index contributed by atoms with van der Waals surface area (Å²) in [5, 5.41) is 2.56. The summed E-state index contributed by atoms with van der Waals surface area (Å²) in [6.45, 7) is 5.54. The number of carbonyl (C=O) groups excluding carboxylic acids is 2. The molecular formula is C20H24N2O5S. The highest BCUT2D eigenvalue weighted by atomic mass is 32.2. The summed E-state index contributed by atoms with van der Waals surface area (Å²) in [5.74, 6) is -1.19. The van der Waals surface area contributed by atoms with Gasteiger partial charge in [-0.25, -0.2) is 13.2 Å².